The Morgan fingerprint density at radius 1 is 1.29 bits per heavy atom. The summed E-state index contributed by atoms with van der Waals surface area (Å²) in [6, 6.07) is 8.59. The smallest absolute Gasteiger partial charge is 0.0594 e. The lowest BCUT2D eigenvalue weighted by Crippen LogP contribution is -2.43. The molecule has 2 atom stereocenters. The monoisotopic (exact) mass is 348 g/mol. The molecular formula is C18H25ClN4O. The van der Waals surface area contributed by atoms with Crippen LogP contribution in [0, 0.1) is 6.92 Å². The van der Waals surface area contributed by atoms with Crippen molar-refractivity contribution in [3.8, 4) is 0 Å². The molecular weight excluding hydrogens is 324 g/mol. The Bertz CT molecular complexity index is 654. The number of nitrogens with one attached hydrogen (secondary N) is 2. The molecule has 1 aliphatic rings. The fourth-order valence-corrected chi connectivity index (χ4v) is 3.53. The fourth-order valence-electron chi connectivity index (χ4n) is 3.27. The Kier molecular flexibility index (Phi) is 5.89. The number of H-pyrrole nitrogens is 1. The van der Waals surface area contributed by atoms with E-state index in [4.69, 9.17) is 16.3 Å². The number of nitrogens with zero attached hydrogens (tertiary/aromatic N) is 2. The van der Waals surface area contributed by atoms with Crippen molar-refractivity contribution < 1.29 is 4.74 Å². The third-order valence-electron chi connectivity index (χ3n) is 4.70. The van der Waals surface area contributed by atoms with Crippen molar-refractivity contribution in [3.05, 3.63) is 52.3 Å². The summed E-state index contributed by atoms with van der Waals surface area (Å²) in [4.78, 5) is 2.45. The lowest BCUT2D eigenvalue weighted by molar-refractivity contribution is 0.0157. The highest BCUT2D eigenvalue weighted by atomic mass is 35.5. The van der Waals surface area contributed by atoms with Gasteiger partial charge in [-0.15, -0.1) is 0 Å². The number of aromatic amines is 1. The molecule has 130 valence electrons. The molecule has 2 aromatic rings. The molecule has 6 heteroatoms. The van der Waals surface area contributed by atoms with Gasteiger partial charge in [-0.3, -0.25) is 10.00 Å². The van der Waals surface area contributed by atoms with Crippen LogP contribution in [0.4, 0.5) is 0 Å². The molecule has 3 rings (SSSR count). The van der Waals surface area contributed by atoms with E-state index in [1.165, 1.54) is 11.1 Å². The largest absolute Gasteiger partial charge is 0.379 e. The number of benzene rings is 1. The van der Waals surface area contributed by atoms with E-state index in [0.29, 0.717) is 0 Å². The van der Waals surface area contributed by atoms with E-state index in [1.807, 2.05) is 25.3 Å². The molecule has 1 saturated heterocycles. The molecule has 1 aromatic heterocycles. The minimum Gasteiger partial charge on any atom is -0.379 e. The van der Waals surface area contributed by atoms with Gasteiger partial charge in [0.25, 0.3) is 0 Å². The predicted molar refractivity (Wildman–Crippen MR) is 96.3 cm³/mol. The minimum absolute atomic E-state index is 0.231. The summed E-state index contributed by atoms with van der Waals surface area (Å²) in [6.45, 7) is 8.45. The summed E-state index contributed by atoms with van der Waals surface area (Å²) in [7, 11) is 0. The molecule has 1 aromatic carbocycles. The minimum atomic E-state index is 0.231. The predicted octanol–water partition coefficient (Wildman–Crippen LogP) is 3.10. The molecule has 0 aliphatic carbocycles. The number of hydrogen-bond acceptors (Lipinski definition) is 4. The first kappa shape index (κ1) is 17.4. The van der Waals surface area contributed by atoms with Crippen LogP contribution < -0.4 is 5.32 Å². The number of hydrogen-bond donors (Lipinski definition) is 2. The Morgan fingerprint density at radius 3 is 2.71 bits per heavy atom. The topological polar surface area (TPSA) is 53.2 Å². The summed E-state index contributed by atoms with van der Waals surface area (Å²) >= 11 is 6.48. The molecule has 0 unspecified atom stereocenters. The first-order valence-electron chi connectivity index (χ1n) is 8.46. The summed E-state index contributed by atoms with van der Waals surface area (Å²) in [5.74, 6) is 0. The fraction of sp³-hybridized carbons (Fsp3) is 0.500. The highest BCUT2D eigenvalue weighted by molar-refractivity contribution is 6.31. The van der Waals surface area contributed by atoms with Gasteiger partial charge in [0.05, 0.1) is 19.4 Å². The standard InChI is InChI=1S/C18H25ClN4O/c1-13(16-11-21-22-14(16)2)20-12-18(23-7-9-24-10-8-23)15-5-3-4-6-17(15)19/h3-6,11,13,18,20H,7-10,12H2,1-2H3,(H,21,22)/t13-,18+/m1/s1. The molecule has 2 N–H and O–H groups in total. The molecule has 0 radical (unpaired) electrons. The Hall–Kier alpha value is -1.40. The van der Waals surface area contributed by atoms with E-state index in [9.17, 15) is 0 Å². The molecule has 0 saturated carbocycles. The van der Waals surface area contributed by atoms with Crippen molar-refractivity contribution >= 4 is 11.6 Å². The van der Waals surface area contributed by atoms with Crippen LogP contribution >= 0.6 is 11.6 Å². The summed E-state index contributed by atoms with van der Waals surface area (Å²) in [5.41, 5.74) is 3.48. The average Bonchev–Trinajstić information content (AvgIpc) is 3.03. The molecule has 0 bridgehead atoms. The molecule has 0 spiro atoms. The van der Waals surface area contributed by atoms with Crippen LogP contribution in [0.15, 0.2) is 30.5 Å². The molecule has 2 heterocycles. The van der Waals surface area contributed by atoms with Gasteiger partial charge in [-0.05, 0) is 25.5 Å². The maximum absolute atomic E-state index is 6.48. The van der Waals surface area contributed by atoms with Crippen LogP contribution in [0.5, 0.6) is 0 Å². The van der Waals surface area contributed by atoms with Crippen molar-refractivity contribution in [2.75, 3.05) is 32.8 Å². The number of aryl methyl sites for hydroxylation is 1. The van der Waals surface area contributed by atoms with Crippen molar-refractivity contribution in [2.24, 2.45) is 0 Å². The van der Waals surface area contributed by atoms with E-state index in [2.05, 4.69) is 39.5 Å². The maximum atomic E-state index is 6.48. The van der Waals surface area contributed by atoms with Crippen LogP contribution in [0.2, 0.25) is 5.02 Å². The summed E-state index contributed by atoms with van der Waals surface area (Å²) in [5, 5.41) is 11.6. The number of rotatable bonds is 6. The van der Waals surface area contributed by atoms with Gasteiger partial charge in [-0.25, -0.2) is 0 Å². The molecule has 1 aliphatic heterocycles. The van der Waals surface area contributed by atoms with Crippen LogP contribution in [0.25, 0.3) is 0 Å². The van der Waals surface area contributed by atoms with Crippen molar-refractivity contribution in [1.29, 1.82) is 0 Å². The Morgan fingerprint density at radius 2 is 2.04 bits per heavy atom. The average molecular weight is 349 g/mol. The quantitative estimate of drug-likeness (QED) is 0.842. The lowest BCUT2D eigenvalue weighted by Gasteiger charge is -2.36. The number of halogens is 1. The van der Waals surface area contributed by atoms with Crippen LogP contribution in [-0.2, 0) is 4.74 Å². The van der Waals surface area contributed by atoms with Gasteiger partial charge in [-0.1, -0.05) is 29.8 Å². The van der Waals surface area contributed by atoms with Gasteiger partial charge >= 0.3 is 0 Å². The molecule has 5 nitrogen and oxygen atoms in total. The molecule has 24 heavy (non-hydrogen) atoms. The SMILES string of the molecule is Cc1[nH]ncc1[C@@H](C)NC[C@@H](c1ccccc1Cl)N1CCOCC1. The van der Waals surface area contributed by atoms with Gasteiger partial charge in [0.2, 0.25) is 0 Å². The Labute approximate surface area is 148 Å². The second-order valence-corrected chi connectivity index (χ2v) is 6.67. The maximum Gasteiger partial charge on any atom is 0.0594 e. The van der Waals surface area contributed by atoms with Crippen molar-refractivity contribution in [1.82, 2.24) is 20.4 Å². The van der Waals surface area contributed by atoms with Crippen LogP contribution in [0.3, 0.4) is 0 Å². The van der Waals surface area contributed by atoms with E-state index < -0.39 is 0 Å². The molecule has 0 amide bonds. The zero-order valence-electron chi connectivity index (χ0n) is 14.3. The zero-order valence-corrected chi connectivity index (χ0v) is 15.0. The molecule has 1 fully saturated rings. The van der Waals surface area contributed by atoms with Crippen molar-refractivity contribution in [3.63, 3.8) is 0 Å². The van der Waals surface area contributed by atoms with E-state index in [-0.39, 0.29) is 12.1 Å². The van der Waals surface area contributed by atoms with E-state index in [0.717, 1.165) is 43.6 Å². The number of aromatic nitrogens is 2. The third-order valence-corrected chi connectivity index (χ3v) is 5.05. The second kappa shape index (κ2) is 8.12. The number of morpholine rings is 1. The highest BCUT2D eigenvalue weighted by Gasteiger charge is 2.25. The van der Waals surface area contributed by atoms with Crippen molar-refractivity contribution in [2.45, 2.75) is 25.9 Å². The zero-order chi connectivity index (χ0) is 16.9. The normalized spacial score (nSPS) is 18.5. The lowest BCUT2D eigenvalue weighted by atomic mass is 10.0. The van der Waals surface area contributed by atoms with Crippen LogP contribution in [-0.4, -0.2) is 47.9 Å². The summed E-state index contributed by atoms with van der Waals surface area (Å²) < 4.78 is 5.51. The van der Waals surface area contributed by atoms with Gasteiger partial charge < -0.3 is 10.1 Å². The first-order chi connectivity index (χ1) is 11.7. The van der Waals surface area contributed by atoms with Gasteiger partial charge in [-0.2, -0.15) is 5.10 Å². The van der Waals surface area contributed by atoms with E-state index >= 15 is 0 Å². The highest BCUT2D eigenvalue weighted by Crippen LogP contribution is 2.28. The number of ether oxygens (including phenoxy) is 1. The first-order valence-corrected chi connectivity index (χ1v) is 8.84. The second-order valence-electron chi connectivity index (χ2n) is 6.27. The van der Waals surface area contributed by atoms with Gasteiger partial charge in [0, 0.05) is 48.0 Å². The Balaban J connectivity index is 1.75. The van der Waals surface area contributed by atoms with Gasteiger partial charge in [0.15, 0.2) is 0 Å². The van der Waals surface area contributed by atoms with Crippen LogP contribution in [0.1, 0.15) is 35.8 Å². The third kappa shape index (κ3) is 3.98. The van der Waals surface area contributed by atoms with E-state index in [1.54, 1.807) is 0 Å². The summed E-state index contributed by atoms with van der Waals surface area (Å²) in [6.07, 6.45) is 1.90. The van der Waals surface area contributed by atoms with Gasteiger partial charge in [0.1, 0.15) is 0 Å².